The lowest BCUT2D eigenvalue weighted by Crippen LogP contribution is -2.50. The van der Waals surface area contributed by atoms with Gasteiger partial charge < -0.3 is 24.1 Å². The molecule has 4 aromatic rings. The van der Waals surface area contributed by atoms with Crippen molar-refractivity contribution >= 4 is 28.7 Å². The molecule has 1 aromatic heterocycles. The van der Waals surface area contributed by atoms with Gasteiger partial charge in [0.15, 0.2) is 0 Å². The van der Waals surface area contributed by atoms with Gasteiger partial charge in [0.05, 0.1) is 35.9 Å². The SMILES string of the molecule is COc1cc(OC2CCN(Cc3nc4ccccc4[nH]3)CC2)ccc1C(=O)N1CCC(N2C(=O)OCc3ccccc32)CC1. The lowest BCUT2D eigenvalue weighted by Gasteiger charge is -2.40. The number of imidazole rings is 1. The van der Waals surface area contributed by atoms with Crippen molar-refractivity contribution in [2.24, 2.45) is 0 Å². The molecule has 7 rings (SSSR count). The number of cyclic esters (lactones) is 1. The number of para-hydroxylation sites is 3. The predicted octanol–water partition coefficient (Wildman–Crippen LogP) is 5.38. The van der Waals surface area contributed by atoms with Gasteiger partial charge in [-0.1, -0.05) is 30.3 Å². The fourth-order valence-electron chi connectivity index (χ4n) is 6.61. The van der Waals surface area contributed by atoms with Gasteiger partial charge >= 0.3 is 6.09 Å². The summed E-state index contributed by atoms with van der Waals surface area (Å²) in [5.74, 6) is 2.12. The van der Waals surface area contributed by atoms with E-state index in [1.807, 2.05) is 59.5 Å². The minimum atomic E-state index is -0.317. The summed E-state index contributed by atoms with van der Waals surface area (Å²) in [6.45, 7) is 4.02. The lowest BCUT2D eigenvalue weighted by atomic mass is 10.00. The molecule has 228 valence electrons. The number of piperidine rings is 2. The number of hydrogen-bond donors (Lipinski definition) is 1. The normalized spacial score (nSPS) is 18.2. The summed E-state index contributed by atoms with van der Waals surface area (Å²) in [6, 6.07) is 21.4. The van der Waals surface area contributed by atoms with Crippen molar-refractivity contribution in [3.05, 3.63) is 83.7 Å². The molecule has 3 aliphatic heterocycles. The number of ether oxygens (including phenoxy) is 3. The molecule has 0 spiro atoms. The first-order valence-corrected chi connectivity index (χ1v) is 15.4. The van der Waals surface area contributed by atoms with Crippen LogP contribution in [0.3, 0.4) is 0 Å². The van der Waals surface area contributed by atoms with Crippen LogP contribution in [0.15, 0.2) is 66.7 Å². The molecule has 0 radical (unpaired) electrons. The molecule has 10 nitrogen and oxygen atoms in total. The Hall–Kier alpha value is -4.57. The number of amides is 2. The Kier molecular flexibility index (Phi) is 7.82. The minimum Gasteiger partial charge on any atom is -0.496 e. The van der Waals surface area contributed by atoms with E-state index in [1.54, 1.807) is 18.1 Å². The summed E-state index contributed by atoms with van der Waals surface area (Å²) in [6.07, 6.45) is 2.95. The highest BCUT2D eigenvalue weighted by Gasteiger charge is 2.35. The van der Waals surface area contributed by atoms with Crippen molar-refractivity contribution in [1.82, 2.24) is 19.8 Å². The van der Waals surface area contributed by atoms with Crippen LogP contribution in [0.2, 0.25) is 0 Å². The highest BCUT2D eigenvalue weighted by Crippen LogP contribution is 2.33. The molecule has 0 unspecified atom stereocenters. The number of H-pyrrole nitrogens is 1. The first-order chi connectivity index (χ1) is 21.6. The number of anilines is 1. The lowest BCUT2D eigenvalue weighted by molar-refractivity contribution is 0.0704. The maximum absolute atomic E-state index is 13.6. The van der Waals surface area contributed by atoms with E-state index in [-0.39, 0.29) is 24.1 Å². The van der Waals surface area contributed by atoms with E-state index in [0.29, 0.717) is 49.6 Å². The first-order valence-electron chi connectivity index (χ1n) is 15.4. The van der Waals surface area contributed by atoms with Crippen molar-refractivity contribution in [1.29, 1.82) is 0 Å². The number of aromatic amines is 1. The fraction of sp³-hybridized carbons (Fsp3) is 0.382. The quantitative estimate of drug-likeness (QED) is 0.306. The van der Waals surface area contributed by atoms with Crippen molar-refractivity contribution < 1.29 is 23.8 Å². The van der Waals surface area contributed by atoms with E-state index < -0.39 is 0 Å². The average Bonchev–Trinajstić information content (AvgIpc) is 3.48. The standard InChI is InChI=1S/C34H37N5O5/c1-42-31-20-26(44-25-14-16-37(17-15-25)21-32-35-28-7-3-4-8-29(28)36-32)10-11-27(31)33(40)38-18-12-24(13-19-38)39-30-9-5-2-6-23(30)22-43-34(39)41/h2-11,20,24-25H,12-19,21-22H2,1H3,(H,35,36). The summed E-state index contributed by atoms with van der Waals surface area (Å²) in [4.78, 5) is 40.3. The molecule has 2 amide bonds. The maximum atomic E-state index is 13.6. The molecule has 10 heteroatoms. The number of hydrogen-bond acceptors (Lipinski definition) is 7. The zero-order chi connectivity index (χ0) is 30.0. The monoisotopic (exact) mass is 595 g/mol. The van der Waals surface area contributed by atoms with Gasteiger partial charge in [-0.25, -0.2) is 9.78 Å². The molecule has 0 bridgehead atoms. The molecular formula is C34H37N5O5. The van der Waals surface area contributed by atoms with Gasteiger partial charge in [-0.3, -0.25) is 14.6 Å². The van der Waals surface area contributed by atoms with Crippen LogP contribution in [0.4, 0.5) is 10.5 Å². The second kappa shape index (κ2) is 12.2. The minimum absolute atomic E-state index is 0.0178. The topological polar surface area (TPSA) is 100 Å². The molecule has 1 N–H and O–H groups in total. The summed E-state index contributed by atoms with van der Waals surface area (Å²) < 4.78 is 17.4. The highest BCUT2D eigenvalue weighted by atomic mass is 16.6. The van der Waals surface area contributed by atoms with E-state index in [0.717, 1.165) is 60.6 Å². The second-order valence-electron chi connectivity index (χ2n) is 11.7. The summed E-state index contributed by atoms with van der Waals surface area (Å²) in [5, 5.41) is 0. The van der Waals surface area contributed by atoms with Crippen molar-refractivity contribution in [2.75, 3.05) is 38.2 Å². The molecule has 0 aliphatic carbocycles. The van der Waals surface area contributed by atoms with Crippen molar-refractivity contribution in [3.63, 3.8) is 0 Å². The number of methoxy groups -OCH3 is 1. The van der Waals surface area contributed by atoms with Gasteiger partial charge in [0.2, 0.25) is 0 Å². The van der Waals surface area contributed by atoms with E-state index in [1.165, 1.54) is 0 Å². The van der Waals surface area contributed by atoms with E-state index in [4.69, 9.17) is 19.2 Å². The van der Waals surface area contributed by atoms with E-state index in [2.05, 4.69) is 16.0 Å². The molecule has 0 atom stereocenters. The molecule has 4 heterocycles. The molecule has 2 saturated heterocycles. The Morgan fingerprint density at radius 1 is 0.977 bits per heavy atom. The third-order valence-corrected chi connectivity index (χ3v) is 8.97. The Morgan fingerprint density at radius 2 is 1.75 bits per heavy atom. The number of fused-ring (bicyclic) bond motifs is 2. The molecule has 3 aliphatic rings. The Balaban J connectivity index is 0.934. The van der Waals surface area contributed by atoms with Crippen LogP contribution < -0.4 is 14.4 Å². The van der Waals surface area contributed by atoms with Crippen LogP contribution in [0.1, 0.15) is 47.4 Å². The summed E-state index contributed by atoms with van der Waals surface area (Å²) in [5.41, 5.74) is 4.49. The van der Waals surface area contributed by atoms with Gasteiger partial charge in [0.1, 0.15) is 30.0 Å². The number of rotatable bonds is 7. The predicted molar refractivity (Wildman–Crippen MR) is 166 cm³/mol. The smallest absolute Gasteiger partial charge is 0.414 e. The maximum Gasteiger partial charge on any atom is 0.414 e. The van der Waals surface area contributed by atoms with Gasteiger partial charge in [-0.05, 0) is 56.0 Å². The van der Waals surface area contributed by atoms with Gasteiger partial charge in [0.25, 0.3) is 5.91 Å². The van der Waals surface area contributed by atoms with E-state index >= 15 is 0 Å². The average molecular weight is 596 g/mol. The molecular weight excluding hydrogens is 558 g/mol. The Morgan fingerprint density at radius 3 is 2.55 bits per heavy atom. The largest absolute Gasteiger partial charge is 0.496 e. The van der Waals surface area contributed by atoms with Crippen LogP contribution in [0.25, 0.3) is 11.0 Å². The number of nitrogens with zero attached hydrogens (tertiary/aromatic N) is 4. The Labute approximate surface area is 256 Å². The van der Waals surface area contributed by atoms with Gasteiger partial charge in [0, 0.05) is 43.9 Å². The molecule has 44 heavy (non-hydrogen) atoms. The number of carbonyl (C=O) groups excluding carboxylic acids is 2. The van der Waals surface area contributed by atoms with Crippen LogP contribution in [-0.2, 0) is 17.9 Å². The van der Waals surface area contributed by atoms with E-state index in [9.17, 15) is 9.59 Å². The zero-order valence-corrected chi connectivity index (χ0v) is 24.9. The summed E-state index contributed by atoms with van der Waals surface area (Å²) >= 11 is 0. The number of aromatic nitrogens is 2. The fourth-order valence-corrected chi connectivity index (χ4v) is 6.61. The van der Waals surface area contributed by atoms with Gasteiger partial charge in [-0.2, -0.15) is 0 Å². The highest BCUT2D eigenvalue weighted by molar-refractivity contribution is 5.97. The summed E-state index contributed by atoms with van der Waals surface area (Å²) in [7, 11) is 1.58. The first kappa shape index (κ1) is 28.2. The van der Waals surface area contributed by atoms with Crippen LogP contribution in [-0.4, -0.2) is 77.2 Å². The van der Waals surface area contributed by atoms with Crippen LogP contribution >= 0.6 is 0 Å². The second-order valence-corrected chi connectivity index (χ2v) is 11.7. The third kappa shape index (κ3) is 5.69. The number of carbonyl (C=O) groups is 2. The molecule has 2 fully saturated rings. The molecule has 0 saturated carbocycles. The number of nitrogens with one attached hydrogen (secondary N) is 1. The third-order valence-electron chi connectivity index (χ3n) is 8.97. The van der Waals surface area contributed by atoms with Crippen molar-refractivity contribution in [2.45, 2.75) is 51.0 Å². The van der Waals surface area contributed by atoms with Crippen LogP contribution in [0.5, 0.6) is 11.5 Å². The van der Waals surface area contributed by atoms with Crippen molar-refractivity contribution in [3.8, 4) is 11.5 Å². The Bertz CT molecular complexity index is 1620. The number of benzene rings is 3. The van der Waals surface area contributed by atoms with Crippen LogP contribution in [0, 0.1) is 0 Å². The molecule has 3 aromatic carbocycles. The number of likely N-dealkylation sites (tertiary alicyclic amines) is 2. The zero-order valence-electron chi connectivity index (χ0n) is 24.9. The van der Waals surface area contributed by atoms with Gasteiger partial charge in [-0.15, -0.1) is 0 Å².